The minimum atomic E-state index is -0.825. The predicted octanol–water partition coefficient (Wildman–Crippen LogP) is 3.86. The molecule has 4 aliphatic heterocycles. The Kier molecular flexibility index (Phi) is 11.7. The maximum Gasteiger partial charge on any atom is 0.255 e. The number of nitrogens with zero attached hydrogens (tertiary/aromatic N) is 8. The van der Waals surface area contributed by atoms with Crippen molar-refractivity contribution in [3.63, 3.8) is 0 Å². The molecule has 3 saturated heterocycles. The summed E-state index contributed by atoms with van der Waals surface area (Å²) >= 11 is 0. The molecule has 0 spiro atoms. The molecule has 3 fully saturated rings. The number of imide groups is 1. The molecule has 65 heavy (non-hydrogen) atoms. The Morgan fingerprint density at radius 1 is 0.969 bits per heavy atom. The lowest BCUT2D eigenvalue weighted by Gasteiger charge is -2.46. The van der Waals surface area contributed by atoms with Crippen LogP contribution in [0.2, 0.25) is 0 Å². The summed E-state index contributed by atoms with van der Waals surface area (Å²) in [6, 6.07) is 15.3. The van der Waals surface area contributed by atoms with E-state index >= 15 is 0 Å². The zero-order valence-corrected chi connectivity index (χ0v) is 35.7. The molecule has 0 saturated carbocycles. The van der Waals surface area contributed by atoms with E-state index in [4.69, 9.17) is 9.72 Å². The number of hydrogen-bond donors (Lipinski definition) is 2. The molecule has 0 bridgehead atoms. The average molecular weight is 885 g/mol. The van der Waals surface area contributed by atoms with Crippen LogP contribution in [0.25, 0.3) is 16.6 Å². The molecule has 2 N–H and O–H groups in total. The van der Waals surface area contributed by atoms with Crippen LogP contribution in [0.3, 0.4) is 0 Å². The van der Waals surface area contributed by atoms with Gasteiger partial charge in [-0.15, -0.1) is 0 Å². The second-order valence-electron chi connectivity index (χ2n) is 17.0. The van der Waals surface area contributed by atoms with Gasteiger partial charge >= 0.3 is 0 Å². The zero-order chi connectivity index (χ0) is 45.4. The van der Waals surface area contributed by atoms with Gasteiger partial charge in [0.05, 0.1) is 47.6 Å². The van der Waals surface area contributed by atoms with Crippen molar-refractivity contribution < 1.29 is 37.5 Å². The average Bonchev–Trinajstić information content (AvgIpc) is 3.87. The molecule has 18 heteroatoms. The maximum atomic E-state index is 14.9. The molecular weight excluding hydrogens is 839 g/mol. The lowest BCUT2D eigenvalue weighted by atomic mass is 9.86. The van der Waals surface area contributed by atoms with Crippen LogP contribution in [0.1, 0.15) is 70.0 Å². The monoisotopic (exact) mass is 884 g/mol. The highest BCUT2D eigenvalue weighted by atomic mass is 19.1. The Morgan fingerprint density at radius 3 is 2.49 bits per heavy atom. The van der Waals surface area contributed by atoms with Crippen molar-refractivity contribution in [1.82, 2.24) is 39.9 Å². The molecular formula is C47H46F2N10O6. The van der Waals surface area contributed by atoms with Crippen molar-refractivity contribution in [3.8, 4) is 22.9 Å². The quantitative estimate of drug-likeness (QED) is 0.184. The Bertz CT molecular complexity index is 2760. The van der Waals surface area contributed by atoms with E-state index in [0.717, 1.165) is 34.9 Å². The summed E-state index contributed by atoms with van der Waals surface area (Å²) in [6.45, 7) is 5.87. The first-order valence-electron chi connectivity index (χ1n) is 21.7. The van der Waals surface area contributed by atoms with Crippen LogP contribution in [0.5, 0.6) is 5.75 Å². The number of piperazine rings is 1. The van der Waals surface area contributed by atoms with Crippen molar-refractivity contribution >= 4 is 40.9 Å². The number of aromatic nitrogens is 3. The minimum Gasteiger partial charge on any atom is -0.492 e. The number of nitrogens with one attached hydrogen (secondary N) is 2. The number of halogens is 2. The summed E-state index contributed by atoms with van der Waals surface area (Å²) < 4.78 is 36.5. The van der Waals surface area contributed by atoms with E-state index in [1.807, 2.05) is 37.3 Å². The number of anilines is 1. The lowest BCUT2D eigenvalue weighted by molar-refractivity contribution is -0.137. The smallest absolute Gasteiger partial charge is 0.255 e. The van der Waals surface area contributed by atoms with Crippen LogP contribution < -0.4 is 20.3 Å². The van der Waals surface area contributed by atoms with Crippen LogP contribution >= 0.6 is 0 Å². The third-order valence-corrected chi connectivity index (χ3v) is 12.9. The first-order chi connectivity index (χ1) is 31.4. The Labute approximate surface area is 372 Å². The molecule has 0 aliphatic carbocycles. The minimum absolute atomic E-state index is 0.0810. The van der Waals surface area contributed by atoms with Gasteiger partial charge in [0.2, 0.25) is 17.7 Å². The Morgan fingerprint density at radius 2 is 1.77 bits per heavy atom. The normalized spacial score (nSPS) is 18.6. The second kappa shape index (κ2) is 17.7. The van der Waals surface area contributed by atoms with Gasteiger partial charge in [-0.05, 0) is 79.8 Å². The zero-order valence-electron chi connectivity index (χ0n) is 35.7. The summed E-state index contributed by atoms with van der Waals surface area (Å²) in [7, 11) is 0. The van der Waals surface area contributed by atoms with Gasteiger partial charge < -0.3 is 24.8 Å². The van der Waals surface area contributed by atoms with E-state index in [1.54, 1.807) is 27.9 Å². The van der Waals surface area contributed by atoms with E-state index in [-0.39, 0.29) is 49.1 Å². The van der Waals surface area contributed by atoms with Gasteiger partial charge in [-0.3, -0.25) is 34.2 Å². The molecule has 0 radical (unpaired) electrons. The topological polar surface area (TPSA) is 186 Å². The van der Waals surface area contributed by atoms with Crippen molar-refractivity contribution in [2.75, 3.05) is 57.3 Å². The van der Waals surface area contributed by atoms with Gasteiger partial charge in [0.25, 0.3) is 11.8 Å². The maximum absolute atomic E-state index is 14.9. The number of fused-ring (bicyclic) bond motifs is 2. The highest BCUT2D eigenvalue weighted by Gasteiger charge is 2.41. The highest BCUT2D eigenvalue weighted by Crippen LogP contribution is 2.34. The third-order valence-electron chi connectivity index (χ3n) is 12.9. The summed E-state index contributed by atoms with van der Waals surface area (Å²) in [5, 5.41) is 19.5. The fraction of sp³-hybridized carbons (Fsp3) is 0.362. The van der Waals surface area contributed by atoms with Crippen molar-refractivity contribution in [2.24, 2.45) is 0 Å². The number of nitriles is 1. The van der Waals surface area contributed by atoms with Gasteiger partial charge in [0, 0.05) is 81.7 Å². The molecule has 4 aliphatic rings. The van der Waals surface area contributed by atoms with E-state index in [0.29, 0.717) is 99.0 Å². The molecule has 1 unspecified atom stereocenters. The number of ether oxygens (including phenoxy) is 1. The molecule has 7 heterocycles. The van der Waals surface area contributed by atoms with Crippen LogP contribution in [0, 0.1) is 23.0 Å². The number of amides is 5. The van der Waals surface area contributed by atoms with Gasteiger partial charge in [-0.1, -0.05) is 12.1 Å². The number of carbonyl (C=O) groups is 5. The van der Waals surface area contributed by atoms with Crippen LogP contribution in [-0.4, -0.2) is 123 Å². The van der Waals surface area contributed by atoms with E-state index < -0.39 is 35.0 Å². The predicted molar refractivity (Wildman–Crippen MR) is 232 cm³/mol. The molecule has 5 amide bonds. The van der Waals surface area contributed by atoms with Gasteiger partial charge in [-0.25, -0.2) is 18.3 Å². The van der Waals surface area contributed by atoms with E-state index in [9.17, 15) is 38.0 Å². The highest BCUT2D eigenvalue weighted by molar-refractivity contribution is 6.05. The molecule has 2 aromatic carbocycles. The van der Waals surface area contributed by atoms with Crippen molar-refractivity contribution in [1.29, 1.82) is 5.26 Å². The first kappa shape index (κ1) is 43.0. The summed E-state index contributed by atoms with van der Waals surface area (Å²) in [5.74, 6) is -2.18. The number of hydrogen-bond acceptors (Lipinski definition) is 11. The molecule has 1 atom stereocenters. The first-order valence-corrected chi connectivity index (χ1v) is 21.7. The molecule has 5 aromatic rings. The van der Waals surface area contributed by atoms with Crippen LogP contribution in [0.15, 0.2) is 73.2 Å². The SMILES string of the molecule is CCOc1cc(-c2ccc(N3CCC(CN4CCN(C(=O)Cc5ccc6c(c5)C(=O)N(C5CCC(=O)NC5=O)C6)CC4)(NC(=O)c4cc(F)ccc4F)CC3)nc2)c2c(C#N)cnn2c1. The summed E-state index contributed by atoms with van der Waals surface area (Å²) in [6.07, 6.45) is 6.43. The molecule has 16 nitrogen and oxygen atoms in total. The Hall–Kier alpha value is -7.26. The van der Waals surface area contributed by atoms with E-state index in [2.05, 4.69) is 31.6 Å². The largest absolute Gasteiger partial charge is 0.492 e. The summed E-state index contributed by atoms with van der Waals surface area (Å²) in [4.78, 5) is 77.1. The number of piperidine rings is 2. The fourth-order valence-electron chi connectivity index (χ4n) is 9.42. The number of carbonyl (C=O) groups excluding carboxylic acids is 5. The lowest BCUT2D eigenvalue weighted by Crippen LogP contribution is -2.62. The molecule has 334 valence electrons. The fourth-order valence-corrected chi connectivity index (χ4v) is 9.42. The number of benzene rings is 2. The third kappa shape index (κ3) is 8.71. The van der Waals surface area contributed by atoms with Crippen LogP contribution in [-0.2, 0) is 27.3 Å². The Balaban J connectivity index is 0.857. The standard InChI is InChI=1S/C47H46F2N10O6/c1-2-65-34-22-35(43-32(23-50)25-52-59(43)27-34)30-5-9-40(51-24-30)56-13-11-47(12-14-56,54-44(62)37-21-33(48)6-7-38(37)49)28-55-15-17-57(18-16-55)42(61)20-29-3-4-31-26-58(46(64)36(31)19-29)39-8-10-41(60)53-45(39)63/h3-7,9,19,21-22,24-25,27,39H,2,8,10-18,20,26,28H2,1H3,(H,54,62)(H,53,60,63). The van der Waals surface area contributed by atoms with E-state index in [1.165, 1.54) is 11.1 Å². The van der Waals surface area contributed by atoms with Gasteiger partial charge in [0.15, 0.2) is 0 Å². The van der Waals surface area contributed by atoms with Gasteiger partial charge in [-0.2, -0.15) is 10.4 Å². The number of rotatable bonds is 11. The summed E-state index contributed by atoms with van der Waals surface area (Å²) in [5.41, 5.74) is 3.27. The van der Waals surface area contributed by atoms with Crippen molar-refractivity contribution in [2.45, 2.75) is 57.2 Å². The molecule has 3 aromatic heterocycles. The molecule has 9 rings (SSSR count). The number of pyridine rings is 2. The van der Waals surface area contributed by atoms with Crippen molar-refractivity contribution in [3.05, 3.63) is 113 Å². The van der Waals surface area contributed by atoms with Gasteiger partial charge in [0.1, 0.15) is 35.3 Å². The van der Waals surface area contributed by atoms with Crippen LogP contribution in [0.4, 0.5) is 14.6 Å². The second-order valence-corrected chi connectivity index (χ2v) is 17.0.